The number of ether oxygens (including phenoxy) is 1. The van der Waals surface area contributed by atoms with Crippen molar-refractivity contribution in [2.45, 2.75) is 96.9 Å². The number of unbranched alkanes of at least 4 members (excludes halogenated alkanes) is 4. The number of hydrogen-bond acceptors (Lipinski definition) is 6. The lowest BCUT2D eigenvalue weighted by Gasteiger charge is -2.63. The van der Waals surface area contributed by atoms with Gasteiger partial charge < -0.3 is 25.2 Å². The molecule has 0 aromatic rings. The number of fused-ring (bicyclic) bond motifs is 1. The van der Waals surface area contributed by atoms with Gasteiger partial charge in [0, 0.05) is 17.8 Å². The van der Waals surface area contributed by atoms with Crippen molar-refractivity contribution in [2.75, 3.05) is 13.2 Å². The summed E-state index contributed by atoms with van der Waals surface area (Å²) in [5, 5.41) is 42.3. The van der Waals surface area contributed by atoms with Crippen molar-refractivity contribution >= 4 is 5.97 Å². The van der Waals surface area contributed by atoms with Gasteiger partial charge in [0.15, 0.2) is 0 Å². The summed E-state index contributed by atoms with van der Waals surface area (Å²) < 4.78 is 5.86. The molecule has 0 aromatic carbocycles. The van der Waals surface area contributed by atoms with E-state index in [-0.39, 0.29) is 17.0 Å². The minimum Gasteiger partial charge on any atom is -0.458 e. The van der Waals surface area contributed by atoms with E-state index in [2.05, 4.69) is 6.92 Å². The van der Waals surface area contributed by atoms with Gasteiger partial charge in [0.2, 0.25) is 0 Å². The molecular weight excluding hydrogens is 372 g/mol. The number of carbonyl (C=O) groups excluding carboxylic acids is 1. The van der Waals surface area contributed by atoms with Crippen LogP contribution in [0, 0.1) is 16.7 Å². The lowest BCUT2D eigenvalue weighted by Crippen LogP contribution is -2.70. The second-order valence-corrected chi connectivity index (χ2v) is 9.79. The van der Waals surface area contributed by atoms with Crippen molar-refractivity contribution in [1.82, 2.24) is 0 Å². The number of carbonyl (C=O) groups is 1. The number of aliphatic hydroxyl groups is 4. The maximum atomic E-state index is 12.6. The molecule has 0 unspecified atom stereocenters. The Morgan fingerprint density at radius 1 is 1.17 bits per heavy atom. The van der Waals surface area contributed by atoms with Crippen LogP contribution in [0.4, 0.5) is 0 Å². The second-order valence-electron chi connectivity index (χ2n) is 9.79. The van der Waals surface area contributed by atoms with Gasteiger partial charge in [-0.05, 0) is 36.3 Å². The summed E-state index contributed by atoms with van der Waals surface area (Å²) in [6, 6.07) is 0. The van der Waals surface area contributed by atoms with Crippen LogP contribution in [0.25, 0.3) is 0 Å². The van der Waals surface area contributed by atoms with E-state index in [9.17, 15) is 25.2 Å². The summed E-state index contributed by atoms with van der Waals surface area (Å²) in [5.74, 6) is -0.692. The summed E-state index contributed by atoms with van der Waals surface area (Å²) in [6.45, 7) is 6.89. The third-order valence-corrected chi connectivity index (χ3v) is 7.51. The molecule has 6 nitrogen and oxygen atoms in total. The van der Waals surface area contributed by atoms with Crippen molar-refractivity contribution in [2.24, 2.45) is 16.7 Å². The van der Waals surface area contributed by atoms with Gasteiger partial charge in [-0.15, -0.1) is 0 Å². The molecule has 5 atom stereocenters. The highest BCUT2D eigenvalue weighted by Gasteiger charge is 2.67. The van der Waals surface area contributed by atoms with Crippen LogP contribution >= 0.6 is 0 Å². The molecule has 2 aliphatic carbocycles. The van der Waals surface area contributed by atoms with Crippen molar-refractivity contribution in [3.63, 3.8) is 0 Å². The number of aliphatic hydroxyl groups excluding tert-OH is 3. The van der Waals surface area contributed by atoms with E-state index in [0.29, 0.717) is 19.3 Å². The molecule has 0 aromatic heterocycles. The Kier molecular flexibility index (Phi) is 7.93. The van der Waals surface area contributed by atoms with Crippen LogP contribution in [-0.4, -0.2) is 57.4 Å². The molecule has 0 bridgehead atoms. The molecule has 2 rings (SSSR count). The molecular formula is C23H40O6. The SMILES string of the molecule is CCCCCCCC(=O)O[C@@H]1C=C(CO)[C@](O)(CO)[C@@]2(C)[C@@H](O)CCC(C)(C)[C@H]12. The minimum atomic E-state index is -1.77. The maximum absolute atomic E-state index is 12.6. The van der Waals surface area contributed by atoms with Crippen LogP contribution in [-0.2, 0) is 9.53 Å². The molecule has 0 aliphatic heterocycles. The van der Waals surface area contributed by atoms with Gasteiger partial charge in [-0.1, -0.05) is 53.4 Å². The average Bonchev–Trinajstić information content (AvgIpc) is 2.67. The van der Waals surface area contributed by atoms with Crippen LogP contribution in [0.2, 0.25) is 0 Å². The van der Waals surface area contributed by atoms with Crippen LogP contribution in [0.1, 0.15) is 79.1 Å². The van der Waals surface area contributed by atoms with E-state index in [1.165, 1.54) is 0 Å². The van der Waals surface area contributed by atoms with Crippen molar-refractivity contribution < 1.29 is 30.0 Å². The molecule has 0 amide bonds. The van der Waals surface area contributed by atoms with Crippen molar-refractivity contribution in [3.8, 4) is 0 Å². The van der Waals surface area contributed by atoms with E-state index < -0.39 is 42.4 Å². The van der Waals surface area contributed by atoms with Crippen molar-refractivity contribution in [3.05, 3.63) is 11.6 Å². The molecule has 4 N–H and O–H groups in total. The molecule has 29 heavy (non-hydrogen) atoms. The fourth-order valence-electron chi connectivity index (χ4n) is 5.72. The zero-order valence-electron chi connectivity index (χ0n) is 18.5. The number of rotatable bonds is 9. The van der Waals surface area contributed by atoms with Gasteiger partial charge in [-0.3, -0.25) is 4.79 Å². The van der Waals surface area contributed by atoms with Gasteiger partial charge >= 0.3 is 5.97 Å². The molecule has 0 heterocycles. The molecule has 0 radical (unpaired) electrons. The first-order chi connectivity index (χ1) is 13.6. The quantitative estimate of drug-likeness (QED) is 0.264. The monoisotopic (exact) mass is 412 g/mol. The minimum absolute atomic E-state index is 0.205. The van der Waals surface area contributed by atoms with E-state index in [1.807, 2.05) is 13.8 Å². The first kappa shape index (κ1) is 24.3. The first-order valence-electron chi connectivity index (χ1n) is 11.1. The van der Waals surface area contributed by atoms with Gasteiger partial charge in [0.25, 0.3) is 0 Å². The zero-order chi connectivity index (χ0) is 21.9. The standard InChI is InChI=1S/C23H40O6/c1-5-6-7-8-9-10-19(27)29-17-13-16(14-24)23(28,15-25)22(4)18(26)11-12-21(2,3)20(17)22/h13,17-18,20,24-26,28H,5-12,14-15H2,1-4H3/t17-,18+,20+,22+,23-/m1/s1. The van der Waals surface area contributed by atoms with Gasteiger partial charge in [0.1, 0.15) is 11.7 Å². The molecule has 1 fully saturated rings. The predicted octanol–water partition coefficient (Wildman–Crippen LogP) is 2.72. The topological polar surface area (TPSA) is 107 Å². The lowest BCUT2D eigenvalue weighted by atomic mass is 9.45. The molecule has 1 saturated carbocycles. The summed E-state index contributed by atoms with van der Waals surface area (Å²) in [6.07, 6.45) is 6.73. The Labute approximate surface area is 175 Å². The maximum Gasteiger partial charge on any atom is 0.306 e. The molecule has 0 saturated heterocycles. The summed E-state index contributed by atoms with van der Waals surface area (Å²) >= 11 is 0. The largest absolute Gasteiger partial charge is 0.458 e. The van der Waals surface area contributed by atoms with Crippen LogP contribution in [0.5, 0.6) is 0 Å². The van der Waals surface area contributed by atoms with Gasteiger partial charge in [0.05, 0.1) is 19.3 Å². The van der Waals surface area contributed by atoms with E-state index in [4.69, 9.17) is 4.74 Å². The third-order valence-electron chi connectivity index (χ3n) is 7.51. The normalized spacial score (nSPS) is 36.3. The summed E-state index contributed by atoms with van der Waals surface area (Å²) in [7, 11) is 0. The van der Waals surface area contributed by atoms with Crippen molar-refractivity contribution in [1.29, 1.82) is 0 Å². The smallest absolute Gasteiger partial charge is 0.306 e. The number of hydrogen-bond donors (Lipinski definition) is 4. The zero-order valence-corrected chi connectivity index (χ0v) is 18.5. The van der Waals surface area contributed by atoms with Gasteiger partial charge in [-0.2, -0.15) is 0 Å². The van der Waals surface area contributed by atoms with Crippen LogP contribution in [0.3, 0.4) is 0 Å². The van der Waals surface area contributed by atoms with Gasteiger partial charge in [-0.25, -0.2) is 0 Å². The second kappa shape index (κ2) is 9.46. The molecule has 2 aliphatic rings. The fraction of sp³-hybridized carbons (Fsp3) is 0.870. The Hall–Kier alpha value is -0.950. The highest BCUT2D eigenvalue weighted by molar-refractivity contribution is 5.69. The Morgan fingerprint density at radius 2 is 1.83 bits per heavy atom. The Morgan fingerprint density at radius 3 is 2.41 bits per heavy atom. The fourth-order valence-corrected chi connectivity index (χ4v) is 5.72. The van der Waals surface area contributed by atoms with E-state index in [0.717, 1.165) is 32.1 Å². The van der Waals surface area contributed by atoms with Crippen LogP contribution < -0.4 is 0 Å². The Bertz CT molecular complexity index is 600. The molecule has 168 valence electrons. The molecule has 6 heteroatoms. The summed E-state index contributed by atoms with van der Waals surface area (Å²) in [5.41, 5.74) is -3.05. The average molecular weight is 413 g/mol. The van der Waals surface area contributed by atoms with E-state index in [1.54, 1.807) is 13.0 Å². The lowest BCUT2D eigenvalue weighted by molar-refractivity contribution is -0.237. The summed E-state index contributed by atoms with van der Waals surface area (Å²) in [4.78, 5) is 12.6. The highest BCUT2D eigenvalue weighted by atomic mass is 16.5. The van der Waals surface area contributed by atoms with Crippen LogP contribution in [0.15, 0.2) is 11.6 Å². The number of esters is 1. The highest BCUT2D eigenvalue weighted by Crippen LogP contribution is 2.61. The third kappa shape index (κ3) is 4.41. The molecule has 0 spiro atoms. The predicted molar refractivity (Wildman–Crippen MR) is 111 cm³/mol. The first-order valence-corrected chi connectivity index (χ1v) is 11.1. The van der Waals surface area contributed by atoms with E-state index >= 15 is 0 Å². The Balaban J connectivity index is 2.31.